The van der Waals surface area contributed by atoms with Crippen LogP contribution < -0.4 is 10.9 Å². The van der Waals surface area contributed by atoms with E-state index in [1.165, 1.54) is 0 Å². The summed E-state index contributed by atoms with van der Waals surface area (Å²) in [6.07, 6.45) is 3.15. The Morgan fingerprint density at radius 2 is 2.08 bits per heavy atom. The van der Waals surface area contributed by atoms with Crippen molar-refractivity contribution in [3.63, 3.8) is 0 Å². The molecule has 2 saturated heterocycles. The summed E-state index contributed by atoms with van der Waals surface area (Å²) in [5, 5.41) is 2.91. The van der Waals surface area contributed by atoms with Gasteiger partial charge in [0.1, 0.15) is 5.56 Å². The third-order valence-corrected chi connectivity index (χ3v) is 5.06. The zero-order chi connectivity index (χ0) is 17.4. The minimum absolute atomic E-state index is 0.0358. The maximum atomic E-state index is 12.9. The van der Waals surface area contributed by atoms with Crippen LogP contribution >= 0.6 is 0 Å². The Balaban J connectivity index is 1.81. The molecule has 6 heteroatoms. The van der Waals surface area contributed by atoms with Crippen molar-refractivity contribution in [3.8, 4) is 0 Å². The normalized spacial score (nSPS) is 22.8. The standard InChI is InChI=1S/C18H25N3O3/c1-11(2)4-6-20-7-5-12(3)16(17(20)23)18(24)21-9-13-8-15(22)19-14(13)10-21/h5,7,11,13-14H,4,6,8-10H2,1-3H3,(H,19,22)/t13-,14+/m0/s1. The highest BCUT2D eigenvalue weighted by atomic mass is 16.2. The van der Waals surface area contributed by atoms with Crippen molar-refractivity contribution in [2.45, 2.75) is 46.2 Å². The maximum absolute atomic E-state index is 12.9. The van der Waals surface area contributed by atoms with Gasteiger partial charge >= 0.3 is 0 Å². The highest BCUT2D eigenvalue weighted by Crippen LogP contribution is 2.26. The topological polar surface area (TPSA) is 71.4 Å². The van der Waals surface area contributed by atoms with Gasteiger partial charge in [-0.25, -0.2) is 0 Å². The van der Waals surface area contributed by atoms with Crippen molar-refractivity contribution in [1.29, 1.82) is 0 Å². The van der Waals surface area contributed by atoms with Gasteiger partial charge in [0.15, 0.2) is 0 Å². The van der Waals surface area contributed by atoms with Crippen molar-refractivity contribution in [3.05, 3.63) is 33.7 Å². The van der Waals surface area contributed by atoms with Crippen LogP contribution in [0.5, 0.6) is 0 Å². The first-order valence-corrected chi connectivity index (χ1v) is 8.65. The van der Waals surface area contributed by atoms with Crippen LogP contribution in [0, 0.1) is 18.8 Å². The summed E-state index contributed by atoms with van der Waals surface area (Å²) in [7, 11) is 0. The molecule has 0 spiro atoms. The van der Waals surface area contributed by atoms with E-state index in [1.807, 2.05) is 6.07 Å². The highest BCUT2D eigenvalue weighted by molar-refractivity contribution is 5.95. The van der Waals surface area contributed by atoms with E-state index in [0.29, 0.717) is 37.5 Å². The second-order valence-electron chi connectivity index (χ2n) is 7.40. The van der Waals surface area contributed by atoms with Gasteiger partial charge in [-0.3, -0.25) is 14.4 Å². The molecule has 2 aliphatic heterocycles. The number of carbonyl (C=O) groups is 2. The number of hydrogen-bond donors (Lipinski definition) is 1. The third-order valence-electron chi connectivity index (χ3n) is 5.06. The number of carbonyl (C=O) groups excluding carboxylic acids is 2. The number of fused-ring (bicyclic) bond motifs is 1. The van der Waals surface area contributed by atoms with Crippen molar-refractivity contribution in [2.75, 3.05) is 13.1 Å². The summed E-state index contributed by atoms with van der Waals surface area (Å²) in [4.78, 5) is 38.8. The van der Waals surface area contributed by atoms with Gasteiger partial charge in [0.05, 0.1) is 6.04 Å². The summed E-state index contributed by atoms with van der Waals surface area (Å²) in [5.74, 6) is 0.525. The minimum atomic E-state index is -0.208. The van der Waals surface area contributed by atoms with Gasteiger partial charge in [0, 0.05) is 38.2 Å². The fourth-order valence-corrected chi connectivity index (χ4v) is 3.57. The van der Waals surface area contributed by atoms with Crippen LogP contribution in [0.15, 0.2) is 17.1 Å². The van der Waals surface area contributed by atoms with Gasteiger partial charge < -0.3 is 14.8 Å². The number of nitrogens with one attached hydrogen (secondary N) is 1. The van der Waals surface area contributed by atoms with Crippen molar-refractivity contribution in [1.82, 2.24) is 14.8 Å². The van der Waals surface area contributed by atoms with E-state index in [9.17, 15) is 14.4 Å². The number of pyridine rings is 1. The molecule has 0 aromatic carbocycles. The molecule has 1 aromatic rings. The molecule has 2 aliphatic rings. The Morgan fingerprint density at radius 1 is 1.33 bits per heavy atom. The molecule has 24 heavy (non-hydrogen) atoms. The minimum Gasteiger partial charge on any atom is -0.351 e. The van der Waals surface area contributed by atoms with Gasteiger partial charge in [0.25, 0.3) is 11.5 Å². The third kappa shape index (κ3) is 3.09. The molecule has 3 rings (SSSR count). The number of hydrogen-bond acceptors (Lipinski definition) is 3. The van der Waals surface area contributed by atoms with Crippen LogP contribution in [0.2, 0.25) is 0 Å². The first-order chi connectivity index (χ1) is 11.4. The fourth-order valence-electron chi connectivity index (χ4n) is 3.57. The molecule has 0 aliphatic carbocycles. The van der Waals surface area contributed by atoms with E-state index < -0.39 is 0 Å². The van der Waals surface area contributed by atoms with Crippen LogP contribution in [-0.2, 0) is 11.3 Å². The number of amides is 2. The Hall–Kier alpha value is -2.11. The van der Waals surface area contributed by atoms with E-state index >= 15 is 0 Å². The molecule has 130 valence electrons. The monoisotopic (exact) mass is 331 g/mol. The van der Waals surface area contributed by atoms with Crippen LogP contribution in [0.25, 0.3) is 0 Å². The Bertz CT molecular complexity index is 707. The van der Waals surface area contributed by atoms with Crippen molar-refractivity contribution >= 4 is 11.8 Å². The highest BCUT2D eigenvalue weighted by Gasteiger charge is 2.42. The Morgan fingerprint density at radius 3 is 2.75 bits per heavy atom. The summed E-state index contributed by atoms with van der Waals surface area (Å²) >= 11 is 0. The lowest BCUT2D eigenvalue weighted by Crippen LogP contribution is -2.39. The van der Waals surface area contributed by atoms with Gasteiger partial charge in [-0.2, -0.15) is 0 Å². The van der Waals surface area contributed by atoms with Gasteiger partial charge in [0.2, 0.25) is 5.91 Å². The fraction of sp³-hybridized carbons (Fsp3) is 0.611. The summed E-state index contributed by atoms with van der Waals surface area (Å²) < 4.78 is 1.64. The summed E-state index contributed by atoms with van der Waals surface area (Å²) in [6.45, 7) is 7.70. The first kappa shape index (κ1) is 16.7. The van der Waals surface area contributed by atoms with Crippen LogP contribution in [0.1, 0.15) is 42.6 Å². The van der Waals surface area contributed by atoms with Gasteiger partial charge in [-0.05, 0) is 30.9 Å². The Kier molecular flexibility index (Phi) is 4.47. The van der Waals surface area contributed by atoms with Crippen LogP contribution in [0.4, 0.5) is 0 Å². The average molecular weight is 331 g/mol. The number of nitrogens with zero attached hydrogens (tertiary/aromatic N) is 2. The molecular formula is C18H25N3O3. The second kappa shape index (κ2) is 6.42. The predicted octanol–water partition coefficient (Wildman–Crippen LogP) is 1.16. The zero-order valence-electron chi connectivity index (χ0n) is 14.5. The lowest BCUT2D eigenvalue weighted by atomic mass is 10.1. The number of likely N-dealkylation sites (tertiary alicyclic amines) is 1. The lowest BCUT2D eigenvalue weighted by molar-refractivity contribution is -0.119. The SMILES string of the molecule is Cc1ccn(CCC(C)C)c(=O)c1C(=O)N1C[C@@H]2CC(=O)N[C@@H]2C1. The van der Waals surface area contributed by atoms with Crippen LogP contribution in [0.3, 0.4) is 0 Å². The molecule has 2 atom stereocenters. The maximum Gasteiger partial charge on any atom is 0.263 e. The van der Waals surface area contributed by atoms with E-state index in [4.69, 9.17) is 0 Å². The molecule has 2 fully saturated rings. The van der Waals surface area contributed by atoms with E-state index in [-0.39, 0.29) is 34.9 Å². The predicted molar refractivity (Wildman–Crippen MR) is 90.8 cm³/mol. The second-order valence-corrected chi connectivity index (χ2v) is 7.40. The van der Waals surface area contributed by atoms with E-state index in [1.54, 1.807) is 22.6 Å². The Labute approximate surface area is 141 Å². The molecular weight excluding hydrogens is 306 g/mol. The molecule has 6 nitrogen and oxygen atoms in total. The van der Waals surface area contributed by atoms with Gasteiger partial charge in [-0.15, -0.1) is 0 Å². The number of aryl methyl sites for hydroxylation is 2. The molecule has 0 saturated carbocycles. The quantitative estimate of drug-likeness (QED) is 0.900. The van der Waals surface area contributed by atoms with Gasteiger partial charge in [-0.1, -0.05) is 13.8 Å². The molecule has 0 bridgehead atoms. The molecule has 0 radical (unpaired) electrons. The molecule has 3 heterocycles. The lowest BCUT2D eigenvalue weighted by Gasteiger charge is -2.19. The number of rotatable bonds is 4. The first-order valence-electron chi connectivity index (χ1n) is 8.65. The molecule has 2 amide bonds. The zero-order valence-corrected chi connectivity index (χ0v) is 14.5. The van der Waals surface area contributed by atoms with Crippen molar-refractivity contribution in [2.24, 2.45) is 11.8 Å². The smallest absolute Gasteiger partial charge is 0.263 e. The average Bonchev–Trinajstić information content (AvgIpc) is 3.03. The largest absolute Gasteiger partial charge is 0.351 e. The molecule has 0 unspecified atom stereocenters. The number of aromatic nitrogens is 1. The van der Waals surface area contributed by atoms with Crippen LogP contribution in [-0.4, -0.2) is 40.4 Å². The summed E-state index contributed by atoms with van der Waals surface area (Å²) in [5.41, 5.74) is 0.779. The van der Waals surface area contributed by atoms with E-state index in [0.717, 1.165) is 6.42 Å². The van der Waals surface area contributed by atoms with Crippen molar-refractivity contribution < 1.29 is 9.59 Å². The summed E-state index contributed by atoms with van der Waals surface area (Å²) in [6, 6.07) is 1.88. The molecule has 1 N–H and O–H groups in total. The van der Waals surface area contributed by atoms with E-state index in [2.05, 4.69) is 19.2 Å². The molecule has 1 aromatic heterocycles.